The molecular formula is C13H17Cl2N5O2S. The van der Waals surface area contributed by atoms with Crippen LogP contribution in [0.5, 0.6) is 0 Å². The second-order valence-corrected chi connectivity index (χ2v) is 8.13. The summed E-state index contributed by atoms with van der Waals surface area (Å²) >= 11 is 11.8. The Labute approximate surface area is 145 Å². The van der Waals surface area contributed by atoms with Crippen molar-refractivity contribution < 1.29 is 8.42 Å². The molecule has 1 aromatic rings. The summed E-state index contributed by atoms with van der Waals surface area (Å²) in [5.74, 6) is 0.479. The van der Waals surface area contributed by atoms with Gasteiger partial charge in [0.1, 0.15) is 17.4 Å². The van der Waals surface area contributed by atoms with Crippen molar-refractivity contribution >= 4 is 39.0 Å². The Morgan fingerprint density at radius 3 is 2.61 bits per heavy atom. The molecule has 1 aromatic heterocycles. The molecule has 7 nitrogen and oxygen atoms in total. The van der Waals surface area contributed by atoms with Crippen LogP contribution in [0.2, 0.25) is 10.3 Å². The Morgan fingerprint density at radius 1 is 1.39 bits per heavy atom. The van der Waals surface area contributed by atoms with Crippen molar-refractivity contribution in [3.8, 4) is 6.07 Å². The van der Waals surface area contributed by atoms with Gasteiger partial charge in [-0.3, -0.25) is 0 Å². The monoisotopic (exact) mass is 377 g/mol. The normalized spacial score (nSPS) is 21.9. The fraction of sp³-hybridized carbons (Fsp3) is 0.615. The van der Waals surface area contributed by atoms with Crippen LogP contribution < -0.4 is 5.32 Å². The third-order valence-corrected chi connectivity index (χ3v) is 5.55. The highest BCUT2D eigenvalue weighted by atomic mass is 35.5. The number of anilines is 1. The number of nitriles is 1. The van der Waals surface area contributed by atoms with Crippen molar-refractivity contribution in [1.29, 1.82) is 5.26 Å². The molecule has 1 aliphatic carbocycles. The van der Waals surface area contributed by atoms with Crippen molar-refractivity contribution in [2.75, 3.05) is 18.1 Å². The van der Waals surface area contributed by atoms with E-state index in [9.17, 15) is 8.42 Å². The van der Waals surface area contributed by atoms with E-state index in [1.165, 1.54) is 10.5 Å². The molecule has 2 rings (SSSR count). The third-order valence-electron chi connectivity index (χ3n) is 3.81. The maximum atomic E-state index is 11.8. The predicted molar refractivity (Wildman–Crippen MR) is 88.9 cm³/mol. The standard InChI is InChI=1S/C13H17Cl2N5O2S/c1-23(21,22)20(7-6-16)10-4-2-9(3-5-10)18-12-11(14)8-17-13(15)19-12/h8-10H,2-5,7H2,1H3,(H,17,18,19). The van der Waals surface area contributed by atoms with Gasteiger partial charge in [-0.05, 0) is 37.3 Å². The maximum absolute atomic E-state index is 11.8. The van der Waals surface area contributed by atoms with Gasteiger partial charge >= 0.3 is 0 Å². The molecule has 1 N–H and O–H groups in total. The molecule has 23 heavy (non-hydrogen) atoms. The van der Waals surface area contributed by atoms with E-state index in [0.717, 1.165) is 19.1 Å². The number of hydrogen-bond donors (Lipinski definition) is 1. The lowest BCUT2D eigenvalue weighted by Gasteiger charge is -2.34. The zero-order valence-electron chi connectivity index (χ0n) is 12.5. The minimum atomic E-state index is -3.38. The molecule has 0 amide bonds. The number of aromatic nitrogens is 2. The zero-order valence-corrected chi connectivity index (χ0v) is 14.9. The van der Waals surface area contributed by atoms with Crippen LogP contribution in [0.15, 0.2) is 6.20 Å². The molecule has 0 atom stereocenters. The highest BCUT2D eigenvalue weighted by Crippen LogP contribution is 2.28. The summed E-state index contributed by atoms with van der Waals surface area (Å²) < 4.78 is 24.8. The van der Waals surface area contributed by atoms with Crippen molar-refractivity contribution in [3.05, 3.63) is 16.5 Å². The Hall–Kier alpha value is -1.14. The summed E-state index contributed by atoms with van der Waals surface area (Å²) in [6.07, 6.45) is 5.41. The molecule has 1 saturated carbocycles. The molecule has 0 spiro atoms. The van der Waals surface area contributed by atoms with Crippen LogP contribution >= 0.6 is 23.2 Å². The van der Waals surface area contributed by atoms with Gasteiger partial charge in [0.05, 0.1) is 18.5 Å². The molecule has 1 fully saturated rings. The van der Waals surface area contributed by atoms with Gasteiger partial charge in [-0.25, -0.2) is 13.4 Å². The van der Waals surface area contributed by atoms with Crippen LogP contribution in [0.25, 0.3) is 0 Å². The topological polar surface area (TPSA) is 99.0 Å². The molecule has 126 valence electrons. The molecule has 0 unspecified atom stereocenters. The fourth-order valence-corrected chi connectivity index (χ4v) is 4.06. The average molecular weight is 378 g/mol. The lowest BCUT2D eigenvalue weighted by molar-refractivity contribution is 0.262. The first kappa shape index (κ1) is 18.2. The van der Waals surface area contributed by atoms with Crippen molar-refractivity contribution in [2.45, 2.75) is 37.8 Å². The van der Waals surface area contributed by atoms with Gasteiger partial charge in [0.25, 0.3) is 0 Å². The summed E-state index contributed by atoms with van der Waals surface area (Å²) in [6.45, 7) is -0.116. The van der Waals surface area contributed by atoms with Crippen LogP contribution in [-0.4, -0.2) is 47.6 Å². The van der Waals surface area contributed by atoms with E-state index in [4.69, 9.17) is 28.5 Å². The highest BCUT2D eigenvalue weighted by molar-refractivity contribution is 7.88. The molecule has 0 bridgehead atoms. The number of hydrogen-bond acceptors (Lipinski definition) is 6. The predicted octanol–water partition coefficient (Wildman–Crippen LogP) is 2.29. The number of halogens is 2. The Morgan fingerprint density at radius 2 is 2.04 bits per heavy atom. The fourth-order valence-electron chi connectivity index (χ4n) is 2.74. The number of nitrogens with zero attached hydrogens (tertiary/aromatic N) is 4. The molecule has 10 heteroatoms. The van der Waals surface area contributed by atoms with Crippen LogP contribution in [0, 0.1) is 11.3 Å². The minimum Gasteiger partial charge on any atom is -0.366 e. The van der Waals surface area contributed by atoms with Crippen molar-refractivity contribution in [2.24, 2.45) is 0 Å². The van der Waals surface area contributed by atoms with E-state index in [-0.39, 0.29) is 23.9 Å². The van der Waals surface area contributed by atoms with Gasteiger partial charge in [0.15, 0.2) is 0 Å². The van der Waals surface area contributed by atoms with Gasteiger partial charge in [-0.15, -0.1) is 0 Å². The summed E-state index contributed by atoms with van der Waals surface area (Å²) in [7, 11) is -3.38. The Bertz CT molecular complexity index is 699. The van der Waals surface area contributed by atoms with E-state index in [2.05, 4.69) is 15.3 Å². The highest BCUT2D eigenvalue weighted by Gasteiger charge is 2.31. The third kappa shape index (κ3) is 4.91. The van der Waals surface area contributed by atoms with E-state index in [1.54, 1.807) is 0 Å². The summed E-state index contributed by atoms with van der Waals surface area (Å²) in [6, 6.07) is 1.90. The SMILES string of the molecule is CS(=O)(=O)N(CC#N)C1CCC(Nc2nc(Cl)ncc2Cl)CC1. The van der Waals surface area contributed by atoms with Gasteiger partial charge in [-0.1, -0.05) is 11.6 Å². The summed E-state index contributed by atoms with van der Waals surface area (Å²) in [5.41, 5.74) is 0. The Kier molecular flexibility index (Phi) is 6.03. The van der Waals surface area contributed by atoms with Gasteiger partial charge in [0, 0.05) is 12.1 Å². The zero-order chi connectivity index (χ0) is 17.0. The largest absolute Gasteiger partial charge is 0.366 e. The van der Waals surface area contributed by atoms with Crippen molar-refractivity contribution in [3.63, 3.8) is 0 Å². The molecular weight excluding hydrogens is 361 g/mol. The minimum absolute atomic E-state index is 0.114. The average Bonchev–Trinajstić information content (AvgIpc) is 2.48. The lowest BCUT2D eigenvalue weighted by atomic mass is 9.91. The molecule has 0 saturated heterocycles. The van der Waals surface area contributed by atoms with E-state index < -0.39 is 10.0 Å². The van der Waals surface area contributed by atoms with Crippen LogP contribution in [0.4, 0.5) is 5.82 Å². The van der Waals surface area contributed by atoms with Crippen LogP contribution in [0.1, 0.15) is 25.7 Å². The second kappa shape index (κ2) is 7.62. The van der Waals surface area contributed by atoms with E-state index >= 15 is 0 Å². The molecule has 0 aromatic carbocycles. The summed E-state index contributed by atoms with van der Waals surface area (Å²) in [4.78, 5) is 7.85. The molecule has 1 aliphatic rings. The second-order valence-electron chi connectivity index (χ2n) is 5.45. The first-order valence-corrected chi connectivity index (χ1v) is 9.70. The number of sulfonamides is 1. The van der Waals surface area contributed by atoms with Crippen molar-refractivity contribution in [1.82, 2.24) is 14.3 Å². The summed E-state index contributed by atoms with van der Waals surface area (Å²) in [5, 5.41) is 12.5. The first-order valence-electron chi connectivity index (χ1n) is 7.09. The smallest absolute Gasteiger partial charge is 0.224 e. The number of rotatable bonds is 5. The Balaban J connectivity index is 1.98. The first-order chi connectivity index (χ1) is 10.8. The molecule has 0 radical (unpaired) electrons. The number of nitrogens with one attached hydrogen (secondary N) is 1. The van der Waals surface area contributed by atoms with Crippen LogP contribution in [0.3, 0.4) is 0 Å². The van der Waals surface area contributed by atoms with Gasteiger partial charge in [-0.2, -0.15) is 14.6 Å². The maximum Gasteiger partial charge on any atom is 0.224 e. The quantitative estimate of drug-likeness (QED) is 0.624. The molecule has 1 heterocycles. The van der Waals surface area contributed by atoms with E-state index in [0.29, 0.717) is 23.7 Å². The lowest BCUT2D eigenvalue weighted by Crippen LogP contribution is -2.43. The van der Waals surface area contributed by atoms with E-state index in [1.807, 2.05) is 6.07 Å². The van der Waals surface area contributed by atoms with Gasteiger partial charge in [0.2, 0.25) is 15.3 Å². The molecule has 0 aliphatic heterocycles. The van der Waals surface area contributed by atoms with Gasteiger partial charge < -0.3 is 5.32 Å². The van der Waals surface area contributed by atoms with Crippen LogP contribution in [-0.2, 0) is 10.0 Å².